The predicted molar refractivity (Wildman–Crippen MR) is 112 cm³/mol. The fourth-order valence-corrected chi connectivity index (χ4v) is 3.40. The minimum atomic E-state index is -3.88. The molecular weight excluding hydrogens is 426 g/mol. The third-order valence-corrected chi connectivity index (χ3v) is 5.37. The molecule has 11 heteroatoms. The number of carbonyl (C=O) groups is 3. The highest BCUT2D eigenvalue weighted by molar-refractivity contribution is 7.92. The summed E-state index contributed by atoms with van der Waals surface area (Å²) in [5.41, 5.74) is 0.386. The third kappa shape index (κ3) is 6.71. The second kappa shape index (κ2) is 10.4. The van der Waals surface area contributed by atoms with E-state index < -0.39 is 34.0 Å². The molecule has 166 valence electrons. The lowest BCUT2D eigenvalue weighted by atomic mass is 10.2. The number of esters is 1. The predicted octanol–water partition coefficient (Wildman–Crippen LogP) is 1.89. The Morgan fingerprint density at radius 1 is 1.00 bits per heavy atom. The van der Waals surface area contributed by atoms with E-state index in [0.717, 1.165) is 0 Å². The SMILES string of the molecule is CCNC(=O)NC(=O)C(C)OC(=O)c1ccc(S(=O)(=O)Nc2ccc(OC)cc2)cc1. The van der Waals surface area contributed by atoms with Crippen molar-refractivity contribution in [2.75, 3.05) is 18.4 Å². The lowest BCUT2D eigenvalue weighted by Gasteiger charge is -2.13. The van der Waals surface area contributed by atoms with Gasteiger partial charge in [0.05, 0.1) is 17.6 Å². The summed E-state index contributed by atoms with van der Waals surface area (Å²) in [6.45, 7) is 3.32. The first-order valence-electron chi connectivity index (χ1n) is 9.23. The molecule has 0 saturated carbocycles. The fourth-order valence-electron chi connectivity index (χ4n) is 2.34. The second-order valence-electron chi connectivity index (χ2n) is 6.25. The number of hydrogen-bond donors (Lipinski definition) is 3. The Balaban J connectivity index is 2.01. The van der Waals surface area contributed by atoms with Gasteiger partial charge in [0, 0.05) is 12.2 Å². The molecule has 0 saturated heterocycles. The van der Waals surface area contributed by atoms with Gasteiger partial charge in [-0.25, -0.2) is 18.0 Å². The van der Waals surface area contributed by atoms with Crippen LogP contribution in [0.5, 0.6) is 5.75 Å². The van der Waals surface area contributed by atoms with Crippen LogP contribution >= 0.6 is 0 Å². The van der Waals surface area contributed by atoms with Crippen molar-refractivity contribution in [2.24, 2.45) is 0 Å². The van der Waals surface area contributed by atoms with Crippen molar-refractivity contribution < 1.29 is 32.3 Å². The number of nitrogens with one attached hydrogen (secondary N) is 3. The van der Waals surface area contributed by atoms with Gasteiger partial charge in [0.1, 0.15) is 5.75 Å². The van der Waals surface area contributed by atoms with E-state index >= 15 is 0 Å². The van der Waals surface area contributed by atoms with Crippen molar-refractivity contribution in [2.45, 2.75) is 24.8 Å². The number of amides is 3. The van der Waals surface area contributed by atoms with Crippen molar-refractivity contribution in [1.82, 2.24) is 10.6 Å². The molecule has 1 atom stereocenters. The first-order chi connectivity index (χ1) is 14.7. The van der Waals surface area contributed by atoms with Crippen molar-refractivity contribution in [3.8, 4) is 5.75 Å². The molecule has 1 unspecified atom stereocenters. The largest absolute Gasteiger partial charge is 0.497 e. The molecule has 0 radical (unpaired) electrons. The maximum absolute atomic E-state index is 12.5. The van der Waals surface area contributed by atoms with E-state index in [1.807, 2.05) is 5.32 Å². The van der Waals surface area contributed by atoms with Crippen molar-refractivity contribution in [1.29, 1.82) is 0 Å². The second-order valence-corrected chi connectivity index (χ2v) is 7.94. The van der Waals surface area contributed by atoms with Crippen LogP contribution in [0, 0.1) is 0 Å². The first-order valence-corrected chi connectivity index (χ1v) is 10.7. The Kier molecular flexibility index (Phi) is 7.97. The van der Waals surface area contributed by atoms with E-state index in [2.05, 4.69) is 10.0 Å². The van der Waals surface area contributed by atoms with E-state index in [1.165, 1.54) is 38.3 Å². The molecule has 2 aromatic carbocycles. The summed E-state index contributed by atoms with van der Waals surface area (Å²) in [7, 11) is -2.38. The highest BCUT2D eigenvalue weighted by Gasteiger charge is 2.21. The monoisotopic (exact) mass is 449 g/mol. The number of imide groups is 1. The van der Waals surface area contributed by atoms with Gasteiger partial charge in [0.2, 0.25) is 0 Å². The molecule has 31 heavy (non-hydrogen) atoms. The summed E-state index contributed by atoms with van der Waals surface area (Å²) in [6, 6.07) is 10.6. The summed E-state index contributed by atoms with van der Waals surface area (Å²) in [5.74, 6) is -1.05. The van der Waals surface area contributed by atoms with Gasteiger partial charge < -0.3 is 14.8 Å². The van der Waals surface area contributed by atoms with Gasteiger partial charge in [-0.15, -0.1) is 0 Å². The Morgan fingerprint density at radius 3 is 2.16 bits per heavy atom. The van der Waals surface area contributed by atoms with Crippen LogP contribution in [0.25, 0.3) is 0 Å². The topological polar surface area (TPSA) is 140 Å². The number of rotatable bonds is 8. The molecule has 2 aromatic rings. The summed E-state index contributed by atoms with van der Waals surface area (Å²) in [4.78, 5) is 35.3. The van der Waals surface area contributed by atoms with Gasteiger partial charge in [-0.2, -0.15) is 0 Å². The van der Waals surface area contributed by atoms with Gasteiger partial charge in [-0.3, -0.25) is 14.8 Å². The molecule has 0 spiro atoms. The zero-order chi connectivity index (χ0) is 23.0. The summed E-state index contributed by atoms with van der Waals surface area (Å²) in [6.07, 6.45) is -1.23. The van der Waals surface area contributed by atoms with E-state index in [0.29, 0.717) is 18.0 Å². The Hall–Kier alpha value is -3.60. The normalized spacial score (nSPS) is 11.7. The average Bonchev–Trinajstić information content (AvgIpc) is 2.74. The van der Waals surface area contributed by atoms with Crippen LogP contribution in [0.15, 0.2) is 53.4 Å². The number of carbonyl (C=O) groups excluding carboxylic acids is 3. The van der Waals surface area contributed by atoms with Crippen molar-refractivity contribution in [3.63, 3.8) is 0 Å². The highest BCUT2D eigenvalue weighted by atomic mass is 32.2. The van der Waals surface area contributed by atoms with Crippen molar-refractivity contribution >= 4 is 33.6 Å². The van der Waals surface area contributed by atoms with E-state index in [-0.39, 0.29) is 10.5 Å². The molecule has 0 fully saturated rings. The minimum absolute atomic E-state index is 0.0426. The Morgan fingerprint density at radius 2 is 1.61 bits per heavy atom. The van der Waals surface area contributed by atoms with Crippen LogP contribution in [0.2, 0.25) is 0 Å². The van der Waals surface area contributed by atoms with E-state index in [9.17, 15) is 22.8 Å². The summed E-state index contributed by atoms with van der Waals surface area (Å²) >= 11 is 0. The molecule has 0 aliphatic rings. The molecular formula is C20H23N3O7S. The maximum atomic E-state index is 12.5. The fraction of sp³-hybridized carbons (Fsp3) is 0.250. The van der Waals surface area contributed by atoms with Crippen LogP contribution in [0.4, 0.5) is 10.5 Å². The van der Waals surface area contributed by atoms with Crippen LogP contribution in [0.1, 0.15) is 24.2 Å². The maximum Gasteiger partial charge on any atom is 0.338 e. The Labute approximate surface area is 180 Å². The smallest absolute Gasteiger partial charge is 0.338 e. The quantitative estimate of drug-likeness (QED) is 0.523. The number of sulfonamides is 1. The highest BCUT2D eigenvalue weighted by Crippen LogP contribution is 2.20. The zero-order valence-corrected chi connectivity index (χ0v) is 18.0. The van der Waals surface area contributed by atoms with Crippen LogP contribution in [-0.2, 0) is 19.6 Å². The summed E-state index contributed by atoms with van der Waals surface area (Å²) < 4.78 is 37.5. The van der Waals surface area contributed by atoms with Gasteiger partial charge in [0.15, 0.2) is 6.10 Å². The number of anilines is 1. The number of urea groups is 1. The van der Waals surface area contributed by atoms with Gasteiger partial charge in [-0.1, -0.05) is 0 Å². The Bertz CT molecular complexity index is 1040. The molecule has 0 aliphatic carbocycles. The summed E-state index contributed by atoms with van der Waals surface area (Å²) in [5, 5.41) is 4.41. The third-order valence-electron chi connectivity index (χ3n) is 3.97. The molecule has 0 bridgehead atoms. The lowest BCUT2D eigenvalue weighted by molar-refractivity contribution is -0.127. The van der Waals surface area contributed by atoms with E-state index in [1.54, 1.807) is 31.2 Å². The van der Waals surface area contributed by atoms with Gasteiger partial charge >= 0.3 is 12.0 Å². The standard InChI is InChI=1S/C20H23N3O7S/c1-4-21-20(26)22-18(24)13(2)30-19(25)14-5-11-17(12-6-14)31(27,28)23-15-7-9-16(29-3)10-8-15/h5-13,23H,4H2,1-3H3,(H2,21,22,24,26). The van der Waals surface area contributed by atoms with Crippen LogP contribution in [-0.4, -0.2) is 46.1 Å². The molecule has 2 rings (SSSR count). The number of ether oxygens (including phenoxy) is 2. The number of benzene rings is 2. The molecule has 0 aromatic heterocycles. The minimum Gasteiger partial charge on any atom is -0.497 e. The lowest BCUT2D eigenvalue weighted by Crippen LogP contribution is -2.44. The van der Waals surface area contributed by atoms with Crippen LogP contribution in [0.3, 0.4) is 0 Å². The number of hydrogen-bond acceptors (Lipinski definition) is 7. The van der Waals surface area contributed by atoms with Crippen LogP contribution < -0.4 is 20.1 Å². The van der Waals surface area contributed by atoms with Crippen molar-refractivity contribution in [3.05, 3.63) is 54.1 Å². The zero-order valence-electron chi connectivity index (χ0n) is 17.2. The average molecular weight is 449 g/mol. The molecule has 3 N–H and O–H groups in total. The molecule has 0 aliphatic heterocycles. The van der Waals surface area contributed by atoms with Gasteiger partial charge in [0.25, 0.3) is 15.9 Å². The van der Waals surface area contributed by atoms with Gasteiger partial charge in [-0.05, 0) is 62.4 Å². The first kappa shape index (κ1) is 23.7. The molecule has 10 nitrogen and oxygen atoms in total. The van der Waals surface area contributed by atoms with E-state index in [4.69, 9.17) is 9.47 Å². The number of methoxy groups -OCH3 is 1. The molecule has 0 heterocycles. The molecule has 3 amide bonds.